The van der Waals surface area contributed by atoms with Crippen LogP contribution in [-0.4, -0.2) is 58.0 Å². The average molecular weight is 544 g/mol. The molecule has 2 atom stereocenters. The molecule has 1 N–H and O–H groups in total. The van der Waals surface area contributed by atoms with Gasteiger partial charge in [-0.25, -0.2) is 0 Å². The van der Waals surface area contributed by atoms with E-state index in [1.807, 2.05) is 13.8 Å². The summed E-state index contributed by atoms with van der Waals surface area (Å²) in [6.07, 6.45) is -0.0164. The van der Waals surface area contributed by atoms with Crippen LogP contribution in [-0.2, 0) is 17.9 Å². The number of aliphatic hydroxyl groups is 1. The van der Waals surface area contributed by atoms with Gasteiger partial charge in [-0.3, -0.25) is 9.48 Å². The lowest BCUT2D eigenvalue weighted by Crippen LogP contribution is -2.51. The van der Waals surface area contributed by atoms with Crippen molar-refractivity contribution in [2.75, 3.05) is 7.05 Å². The van der Waals surface area contributed by atoms with Crippen molar-refractivity contribution >= 4 is 48.2 Å². The van der Waals surface area contributed by atoms with Gasteiger partial charge in [0.2, 0.25) is 11.8 Å². The molecule has 9 heteroatoms. The van der Waals surface area contributed by atoms with Crippen molar-refractivity contribution in [1.29, 1.82) is 0 Å². The molecule has 1 heterocycles. The van der Waals surface area contributed by atoms with Crippen LogP contribution in [0.15, 0.2) is 0 Å². The van der Waals surface area contributed by atoms with Crippen LogP contribution in [0.5, 0.6) is 5.88 Å². The van der Waals surface area contributed by atoms with Crippen molar-refractivity contribution in [1.82, 2.24) is 14.7 Å². The lowest BCUT2D eigenvalue weighted by molar-refractivity contribution is -0.129. The zero-order chi connectivity index (χ0) is 22.0. The SMILES string of the molecule is CC(C)Oc1nn(CC(O)[Si](C)(C)C(C)(C)C)c(CN(C)C(=O)[C@H](C)Cl)c1I. The van der Waals surface area contributed by atoms with Crippen molar-refractivity contribution in [2.45, 2.75) is 90.0 Å². The number of hydrogen-bond donors (Lipinski definition) is 1. The standard InChI is InChI=1S/C19H35ClIN3O3Si/c1-12(2)27-17-16(21)14(10-23(7)18(26)13(3)20)24(22-17)11-15(25)28(8,9)19(4,5)6/h12-13,15,25H,10-11H2,1-9H3/t13-,15?/m0/s1. The number of nitrogens with zero attached hydrogens (tertiary/aromatic N) is 3. The van der Waals surface area contributed by atoms with Crippen LogP contribution in [0, 0.1) is 3.57 Å². The van der Waals surface area contributed by atoms with E-state index >= 15 is 0 Å². The molecule has 0 spiro atoms. The maximum absolute atomic E-state index is 12.3. The van der Waals surface area contributed by atoms with Gasteiger partial charge in [-0.15, -0.1) is 16.7 Å². The van der Waals surface area contributed by atoms with E-state index < -0.39 is 19.2 Å². The van der Waals surface area contributed by atoms with Crippen LogP contribution in [0.2, 0.25) is 18.1 Å². The molecule has 0 bridgehead atoms. The molecule has 1 aromatic heterocycles. The molecular weight excluding hydrogens is 509 g/mol. The van der Waals surface area contributed by atoms with Crippen molar-refractivity contribution < 1.29 is 14.6 Å². The Morgan fingerprint density at radius 3 is 2.32 bits per heavy atom. The van der Waals surface area contributed by atoms with E-state index in [0.29, 0.717) is 19.0 Å². The topological polar surface area (TPSA) is 67.6 Å². The monoisotopic (exact) mass is 543 g/mol. The first-order chi connectivity index (χ1) is 12.6. The Bertz CT molecular complexity index is 687. The van der Waals surface area contributed by atoms with Gasteiger partial charge in [-0.2, -0.15) is 0 Å². The van der Waals surface area contributed by atoms with E-state index in [9.17, 15) is 9.90 Å². The van der Waals surface area contributed by atoms with Gasteiger partial charge in [0, 0.05) is 7.05 Å². The highest BCUT2D eigenvalue weighted by Gasteiger charge is 2.42. The van der Waals surface area contributed by atoms with E-state index in [0.717, 1.165) is 9.26 Å². The predicted octanol–water partition coefficient (Wildman–Crippen LogP) is 4.27. The highest BCUT2D eigenvalue weighted by atomic mass is 127. The molecule has 1 rings (SSSR count). The summed E-state index contributed by atoms with van der Waals surface area (Å²) in [5, 5.41) is 15.1. The summed E-state index contributed by atoms with van der Waals surface area (Å²) in [6.45, 7) is 17.2. The van der Waals surface area contributed by atoms with Crippen LogP contribution in [0.25, 0.3) is 0 Å². The van der Waals surface area contributed by atoms with Crippen LogP contribution >= 0.6 is 34.2 Å². The number of carbonyl (C=O) groups excluding carboxylic acids is 1. The number of aliphatic hydroxyl groups excluding tert-OH is 1. The molecule has 1 unspecified atom stereocenters. The summed E-state index contributed by atoms with van der Waals surface area (Å²) in [7, 11) is -0.260. The molecule has 0 radical (unpaired) electrons. The normalized spacial score (nSPS) is 14.9. The fourth-order valence-corrected chi connectivity index (χ4v) is 5.03. The summed E-state index contributed by atoms with van der Waals surface area (Å²) in [4.78, 5) is 13.8. The quantitative estimate of drug-likeness (QED) is 0.302. The van der Waals surface area contributed by atoms with Gasteiger partial charge in [0.05, 0.1) is 42.3 Å². The van der Waals surface area contributed by atoms with Crippen LogP contribution in [0.3, 0.4) is 0 Å². The average Bonchev–Trinajstić information content (AvgIpc) is 2.80. The van der Waals surface area contributed by atoms with E-state index in [1.165, 1.54) is 0 Å². The summed E-state index contributed by atoms with van der Waals surface area (Å²) in [6, 6.07) is 0. The molecule has 0 saturated heterocycles. The summed E-state index contributed by atoms with van der Waals surface area (Å²) in [5.41, 5.74) is 0.365. The second-order valence-corrected chi connectivity index (χ2v) is 16.6. The fourth-order valence-electron chi connectivity index (χ4n) is 2.55. The largest absolute Gasteiger partial charge is 0.473 e. The molecule has 0 aliphatic rings. The van der Waals surface area contributed by atoms with Crippen LogP contribution < -0.4 is 4.74 Å². The lowest BCUT2D eigenvalue weighted by Gasteiger charge is -2.40. The highest BCUT2D eigenvalue weighted by molar-refractivity contribution is 14.1. The van der Waals surface area contributed by atoms with Gasteiger partial charge in [-0.1, -0.05) is 33.9 Å². The molecule has 0 aromatic carbocycles. The smallest absolute Gasteiger partial charge is 0.247 e. The summed E-state index contributed by atoms with van der Waals surface area (Å²) < 4.78 is 8.51. The minimum absolute atomic E-state index is 0.0164. The molecule has 0 fully saturated rings. The third kappa shape index (κ3) is 6.09. The maximum Gasteiger partial charge on any atom is 0.247 e. The van der Waals surface area contributed by atoms with E-state index in [2.05, 4.69) is 61.6 Å². The number of hydrogen-bond acceptors (Lipinski definition) is 4. The Kier molecular flexibility index (Phi) is 8.87. The van der Waals surface area contributed by atoms with Gasteiger partial charge in [0.15, 0.2) is 0 Å². The number of aromatic nitrogens is 2. The Morgan fingerprint density at radius 1 is 1.36 bits per heavy atom. The molecule has 28 heavy (non-hydrogen) atoms. The van der Waals surface area contributed by atoms with E-state index in [1.54, 1.807) is 23.6 Å². The predicted molar refractivity (Wildman–Crippen MR) is 126 cm³/mol. The second kappa shape index (κ2) is 9.66. The number of carbonyl (C=O) groups is 1. The number of halogens is 2. The van der Waals surface area contributed by atoms with Gasteiger partial charge in [0.25, 0.3) is 0 Å². The third-order valence-corrected chi connectivity index (χ3v) is 12.5. The zero-order valence-corrected chi connectivity index (χ0v) is 22.4. The van der Waals surface area contributed by atoms with Crippen molar-refractivity contribution in [2.24, 2.45) is 0 Å². The number of ether oxygens (including phenoxy) is 1. The Labute approximate surface area is 189 Å². The molecule has 0 aliphatic heterocycles. The molecule has 1 amide bonds. The molecule has 1 aromatic rings. The first-order valence-corrected chi connectivity index (χ1v) is 14.2. The Balaban J connectivity index is 3.27. The van der Waals surface area contributed by atoms with Crippen molar-refractivity contribution in [3.05, 3.63) is 9.26 Å². The van der Waals surface area contributed by atoms with Gasteiger partial charge in [0.1, 0.15) is 5.38 Å². The van der Waals surface area contributed by atoms with Crippen molar-refractivity contribution in [3.63, 3.8) is 0 Å². The first-order valence-electron chi connectivity index (χ1n) is 9.58. The van der Waals surface area contributed by atoms with E-state index in [-0.39, 0.29) is 17.0 Å². The maximum atomic E-state index is 12.3. The Morgan fingerprint density at radius 2 is 1.89 bits per heavy atom. The number of rotatable bonds is 8. The van der Waals surface area contributed by atoms with Gasteiger partial charge >= 0.3 is 0 Å². The number of alkyl halides is 1. The second-order valence-electron chi connectivity index (χ2n) is 9.21. The summed E-state index contributed by atoms with van der Waals surface area (Å²) >= 11 is 8.17. The first kappa shape index (κ1) is 25.7. The highest BCUT2D eigenvalue weighted by Crippen LogP contribution is 2.39. The lowest BCUT2D eigenvalue weighted by atomic mass is 10.2. The number of amides is 1. The minimum atomic E-state index is -1.98. The van der Waals surface area contributed by atoms with Crippen molar-refractivity contribution in [3.8, 4) is 5.88 Å². The summed E-state index contributed by atoms with van der Waals surface area (Å²) in [5.74, 6) is 0.384. The van der Waals surface area contributed by atoms with Crippen LogP contribution in [0.4, 0.5) is 0 Å². The molecule has 0 saturated carbocycles. The van der Waals surface area contributed by atoms with Crippen LogP contribution in [0.1, 0.15) is 47.2 Å². The van der Waals surface area contributed by atoms with Gasteiger partial charge in [-0.05, 0) is 48.4 Å². The third-order valence-electron chi connectivity index (χ3n) is 5.53. The molecular formula is C19H35ClIN3O3Si. The minimum Gasteiger partial charge on any atom is -0.473 e. The molecule has 0 aliphatic carbocycles. The zero-order valence-electron chi connectivity index (χ0n) is 18.5. The van der Waals surface area contributed by atoms with E-state index in [4.69, 9.17) is 16.3 Å². The fraction of sp³-hybridized carbons (Fsp3) is 0.789. The molecule has 162 valence electrons. The Hall–Kier alpha value is -0.323. The van der Waals surface area contributed by atoms with Gasteiger partial charge < -0.3 is 14.7 Å². The molecule has 6 nitrogen and oxygen atoms in total.